The Bertz CT molecular complexity index is 646. The molecule has 0 atom stereocenters. The molecular weight excluding hydrogens is 336 g/mol. The molecule has 1 amide bonds. The monoisotopic (exact) mass is 360 g/mol. The molecule has 1 aliphatic carbocycles. The van der Waals surface area contributed by atoms with Crippen LogP contribution in [0.5, 0.6) is 0 Å². The first-order chi connectivity index (χ1) is 11.5. The fourth-order valence-corrected chi connectivity index (χ4v) is 4.63. The minimum Gasteiger partial charge on any atom is -0.378 e. The van der Waals surface area contributed by atoms with Gasteiger partial charge in [0.05, 0.1) is 4.91 Å². The number of carbonyl (C=O) groups is 1. The smallest absolute Gasteiger partial charge is 0.266 e. The Morgan fingerprint density at radius 1 is 1.25 bits per heavy atom. The zero-order chi connectivity index (χ0) is 17.1. The molecule has 1 aromatic carbocycles. The third-order valence-electron chi connectivity index (χ3n) is 4.82. The van der Waals surface area contributed by atoms with Crippen molar-refractivity contribution in [3.05, 3.63) is 34.7 Å². The van der Waals surface area contributed by atoms with Gasteiger partial charge in [0.25, 0.3) is 5.91 Å². The maximum atomic E-state index is 12.6. The molecule has 3 rings (SSSR count). The molecule has 24 heavy (non-hydrogen) atoms. The predicted molar refractivity (Wildman–Crippen MR) is 107 cm³/mol. The summed E-state index contributed by atoms with van der Waals surface area (Å²) < 4.78 is 0.703. The van der Waals surface area contributed by atoms with E-state index < -0.39 is 0 Å². The number of carbonyl (C=O) groups excluding carboxylic acids is 1. The van der Waals surface area contributed by atoms with Crippen LogP contribution in [0, 0.1) is 5.92 Å². The molecule has 0 bridgehead atoms. The number of amides is 1. The first-order valence-electron chi connectivity index (χ1n) is 8.57. The summed E-state index contributed by atoms with van der Waals surface area (Å²) in [5.41, 5.74) is 2.19. The van der Waals surface area contributed by atoms with Crippen LogP contribution in [-0.2, 0) is 4.79 Å². The molecular formula is C19H24N2OS2. The lowest BCUT2D eigenvalue weighted by Gasteiger charge is -2.17. The van der Waals surface area contributed by atoms with Crippen LogP contribution in [0.1, 0.15) is 37.7 Å². The van der Waals surface area contributed by atoms with Crippen LogP contribution in [0.3, 0.4) is 0 Å². The van der Waals surface area contributed by atoms with Gasteiger partial charge in [-0.3, -0.25) is 9.69 Å². The Balaban J connectivity index is 1.65. The third kappa shape index (κ3) is 4.01. The Hall–Kier alpha value is -1.33. The highest BCUT2D eigenvalue weighted by Crippen LogP contribution is 2.34. The molecule has 3 nitrogen and oxygen atoms in total. The normalized spacial score (nSPS) is 20.4. The molecule has 5 heteroatoms. The van der Waals surface area contributed by atoms with Crippen molar-refractivity contribution in [1.82, 2.24) is 4.90 Å². The summed E-state index contributed by atoms with van der Waals surface area (Å²) >= 11 is 6.85. The summed E-state index contributed by atoms with van der Waals surface area (Å²) in [5.74, 6) is 0.844. The van der Waals surface area contributed by atoms with Gasteiger partial charge in [0.1, 0.15) is 4.32 Å². The van der Waals surface area contributed by atoms with Gasteiger partial charge in [-0.15, -0.1) is 0 Å². The average molecular weight is 361 g/mol. The maximum Gasteiger partial charge on any atom is 0.266 e. The number of thioether (sulfide) groups is 1. The minimum absolute atomic E-state index is 0.0692. The van der Waals surface area contributed by atoms with Crippen molar-refractivity contribution in [2.24, 2.45) is 5.92 Å². The highest BCUT2D eigenvalue weighted by atomic mass is 32.2. The topological polar surface area (TPSA) is 23.6 Å². The molecule has 0 unspecified atom stereocenters. The summed E-state index contributed by atoms with van der Waals surface area (Å²) in [6.45, 7) is 0.770. The Morgan fingerprint density at radius 2 is 1.92 bits per heavy atom. The third-order valence-corrected chi connectivity index (χ3v) is 6.19. The molecule has 2 aliphatic rings. The fourth-order valence-electron chi connectivity index (χ4n) is 3.32. The van der Waals surface area contributed by atoms with E-state index in [-0.39, 0.29) is 5.91 Å². The van der Waals surface area contributed by atoms with E-state index in [4.69, 9.17) is 12.2 Å². The second-order valence-corrected chi connectivity index (χ2v) is 8.43. The standard InChI is InChI=1S/C19H24N2OS2/c1-20(2)16-9-7-15(8-10-16)13-17-18(22)21(19(23)24-17)12-11-14-5-3-4-6-14/h7-10,13-14H,3-6,11-12H2,1-2H3. The van der Waals surface area contributed by atoms with Gasteiger partial charge in [0, 0.05) is 26.3 Å². The van der Waals surface area contributed by atoms with Gasteiger partial charge in [-0.05, 0) is 36.1 Å². The van der Waals surface area contributed by atoms with Gasteiger partial charge in [-0.25, -0.2) is 0 Å². The molecule has 128 valence electrons. The van der Waals surface area contributed by atoms with Crippen molar-refractivity contribution < 1.29 is 4.79 Å². The van der Waals surface area contributed by atoms with Crippen LogP contribution in [0.15, 0.2) is 29.2 Å². The molecule has 1 aliphatic heterocycles. The molecule has 2 fully saturated rings. The van der Waals surface area contributed by atoms with Crippen molar-refractivity contribution in [1.29, 1.82) is 0 Å². The minimum atomic E-state index is 0.0692. The molecule has 0 aromatic heterocycles. The summed E-state index contributed by atoms with van der Waals surface area (Å²) in [5, 5.41) is 0. The summed E-state index contributed by atoms with van der Waals surface area (Å²) in [6.07, 6.45) is 8.33. The Morgan fingerprint density at radius 3 is 2.54 bits per heavy atom. The first kappa shape index (κ1) is 17.5. The van der Waals surface area contributed by atoms with E-state index in [9.17, 15) is 4.79 Å². The largest absolute Gasteiger partial charge is 0.378 e. The molecule has 0 spiro atoms. The molecule has 0 N–H and O–H groups in total. The van der Waals surface area contributed by atoms with Gasteiger partial charge in [-0.1, -0.05) is 61.8 Å². The van der Waals surface area contributed by atoms with Gasteiger partial charge in [0.15, 0.2) is 0 Å². The number of thiocarbonyl (C=S) groups is 1. The van der Waals surface area contributed by atoms with Crippen molar-refractivity contribution in [2.45, 2.75) is 32.1 Å². The van der Waals surface area contributed by atoms with Crippen LogP contribution < -0.4 is 4.90 Å². The van der Waals surface area contributed by atoms with Crippen LogP contribution in [0.2, 0.25) is 0 Å². The van der Waals surface area contributed by atoms with Gasteiger partial charge in [0.2, 0.25) is 0 Å². The van der Waals surface area contributed by atoms with Crippen molar-refractivity contribution in [3.63, 3.8) is 0 Å². The van der Waals surface area contributed by atoms with Crippen LogP contribution >= 0.6 is 24.0 Å². The maximum absolute atomic E-state index is 12.6. The van der Waals surface area contributed by atoms with Crippen molar-refractivity contribution in [2.75, 3.05) is 25.5 Å². The second kappa shape index (κ2) is 7.70. The van der Waals surface area contributed by atoms with Crippen LogP contribution in [0.25, 0.3) is 6.08 Å². The second-order valence-electron chi connectivity index (χ2n) is 6.76. The highest BCUT2D eigenvalue weighted by molar-refractivity contribution is 8.26. The number of rotatable bonds is 5. The van der Waals surface area contributed by atoms with E-state index in [0.717, 1.165) is 35.0 Å². The number of nitrogens with zero attached hydrogens (tertiary/aromatic N) is 2. The Labute approximate surface area is 154 Å². The lowest BCUT2D eigenvalue weighted by Crippen LogP contribution is -2.30. The van der Waals surface area contributed by atoms with Gasteiger partial charge in [-0.2, -0.15) is 0 Å². The van der Waals surface area contributed by atoms with Crippen molar-refractivity contribution in [3.8, 4) is 0 Å². The molecule has 1 saturated carbocycles. The molecule has 1 heterocycles. The Kier molecular flexibility index (Phi) is 5.61. The van der Waals surface area contributed by atoms with Gasteiger partial charge < -0.3 is 4.90 Å². The van der Waals surface area contributed by atoms with E-state index in [1.165, 1.54) is 37.4 Å². The van der Waals surface area contributed by atoms with E-state index in [1.54, 1.807) is 4.90 Å². The van der Waals surface area contributed by atoms with Crippen LogP contribution in [0.4, 0.5) is 5.69 Å². The van der Waals surface area contributed by atoms with Crippen LogP contribution in [-0.4, -0.2) is 35.8 Å². The van der Waals surface area contributed by atoms with Gasteiger partial charge >= 0.3 is 0 Å². The van der Waals surface area contributed by atoms with Crippen molar-refractivity contribution >= 4 is 46.0 Å². The zero-order valence-corrected chi connectivity index (χ0v) is 16.0. The van der Waals surface area contributed by atoms with E-state index >= 15 is 0 Å². The highest BCUT2D eigenvalue weighted by Gasteiger charge is 2.32. The van der Waals surface area contributed by atoms with E-state index in [1.807, 2.05) is 32.3 Å². The molecule has 1 saturated heterocycles. The number of anilines is 1. The quantitative estimate of drug-likeness (QED) is 0.568. The summed E-state index contributed by atoms with van der Waals surface area (Å²) in [4.78, 5) is 17.2. The number of hydrogen-bond acceptors (Lipinski definition) is 4. The number of benzene rings is 1. The first-order valence-corrected chi connectivity index (χ1v) is 9.80. The number of hydrogen-bond donors (Lipinski definition) is 0. The lowest BCUT2D eigenvalue weighted by atomic mass is 10.0. The molecule has 0 radical (unpaired) electrons. The fraction of sp³-hybridized carbons (Fsp3) is 0.474. The van der Waals surface area contributed by atoms with E-state index in [0.29, 0.717) is 4.32 Å². The molecule has 1 aromatic rings. The lowest BCUT2D eigenvalue weighted by molar-refractivity contribution is -0.122. The SMILES string of the molecule is CN(C)c1ccc(C=C2SC(=S)N(CCC3CCCC3)C2=O)cc1. The summed E-state index contributed by atoms with van der Waals surface area (Å²) in [7, 11) is 4.04. The average Bonchev–Trinajstić information content (AvgIpc) is 3.16. The summed E-state index contributed by atoms with van der Waals surface area (Å²) in [6, 6.07) is 8.21. The predicted octanol–water partition coefficient (Wildman–Crippen LogP) is 4.53. The zero-order valence-electron chi connectivity index (χ0n) is 14.3. The van der Waals surface area contributed by atoms with E-state index in [2.05, 4.69) is 17.0 Å².